The quantitative estimate of drug-likeness (QED) is 0.793. The minimum absolute atomic E-state index is 0.0268. The Balaban J connectivity index is 2.82. The largest absolute Gasteiger partial charge is 0.464 e. The van der Waals surface area contributed by atoms with Crippen LogP contribution >= 0.6 is 39.1 Å². The van der Waals surface area contributed by atoms with Crippen molar-refractivity contribution in [2.24, 2.45) is 0 Å². The molecule has 2 N–H and O–H groups in total. The van der Waals surface area contributed by atoms with Crippen molar-refractivity contribution in [3.63, 3.8) is 0 Å². The molecule has 0 aliphatic carbocycles. The standard InChI is InChI=1S/C13H8BrCl2N3O2/c1-21-13(20)12-10(18)6(4-17)5-19(12)11-8(14)2-7(15)3-9(11)16/h2-3,5H,18H2,1H3. The Kier molecular flexibility index (Phi) is 4.47. The number of carbonyl (C=O) groups excluding carboxylic acids is 1. The number of rotatable bonds is 2. The summed E-state index contributed by atoms with van der Waals surface area (Å²) >= 11 is 15.4. The van der Waals surface area contributed by atoms with Crippen LogP contribution in [0, 0.1) is 11.3 Å². The van der Waals surface area contributed by atoms with Crippen molar-refractivity contribution < 1.29 is 9.53 Å². The van der Waals surface area contributed by atoms with Gasteiger partial charge in [0.1, 0.15) is 6.07 Å². The number of halogens is 3. The molecule has 2 rings (SSSR count). The van der Waals surface area contributed by atoms with Crippen LogP contribution in [0.5, 0.6) is 0 Å². The first kappa shape index (κ1) is 15.7. The van der Waals surface area contributed by atoms with Crippen molar-refractivity contribution in [1.29, 1.82) is 5.26 Å². The summed E-state index contributed by atoms with van der Waals surface area (Å²) in [5, 5.41) is 9.80. The Hall–Kier alpha value is -1.68. The van der Waals surface area contributed by atoms with Gasteiger partial charge < -0.3 is 15.0 Å². The van der Waals surface area contributed by atoms with E-state index in [2.05, 4.69) is 15.9 Å². The molecule has 108 valence electrons. The Morgan fingerprint density at radius 1 is 1.48 bits per heavy atom. The summed E-state index contributed by atoms with van der Waals surface area (Å²) in [7, 11) is 1.23. The molecule has 0 aliphatic rings. The van der Waals surface area contributed by atoms with Gasteiger partial charge in [-0.05, 0) is 28.1 Å². The normalized spacial score (nSPS) is 10.2. The Morgan fingerprint density at radius 3 is 2.67 bits per heavy atom. The van der Waals surface area contributed by atoms with Crippen LogP contribution in [-0.4, -0.2) is 17.6 Å². The van der Waals surface area contributed by atoms with Crippen molar-refractivity contribution in [2.75, 3.05) is 12.8 Å². The lowest BCUT2D eigenvalue weighted by Gasteiger charge is -2.12. The van der Waals surface area contributed by atoms with Gasteiger partial charge in [-0.1, -0.05) is 23.2 Å². The van der Waals surface area contributed by atoms with E-state index in [4.69, 9.17) is 38.9 Å². The number of methoxy groups -OCH3 is 1. The summed E-state index contributed by atoms with van der Waals surface area (Å²) in [6, 6.07) is 5.05. The number of nitrogen functional groups attached to an aromatic ring is 1. The third-order valence-electron chi connectivity index (χ3n) is 2.77. The van der Waals surface area contributed by atoms with Gasteiger partial charge in [0.2, 0.25) is 0 Å². The van der Waals surface area contributed by atoms with Crippen molar-refractivity contribution in [1.82, 2.24) is 4.57 Å². The molecule has 1 aromatic heterocycles. The molecule has 21 heavy (non-hydrogen) atoms. The maximum absolute atomic E-state index is 11.9. The first-order valence-corrected chi connectivity index (χ1v) is 7.09. The van der Waals surface area contributed by atoms with Crippen molar-refractivity contribution in [3.8, 4) is 11.8 Å². The van der Waals surface area contributed by atoms with Crippen LogP contribution in [0.15, 0.2) is 22.8 Å². The van der Waals surface area contributed by atoms with E-state index in [0.29, 0.717) is 20.2 Å². The summed E-state index contributed by atoms with van der Waals surface area (Å²) in [5.74, 6) is -0.674. The monoisotopic (exact) mass is 387 g/mol. The molecule has 1 aromatic carbocycles. The molecule has 0 saturated heterocycles. The topological polar surface area (TPSA) is 81.0 Å². The highest BCUT2D eigenvalue weighted by atomic mass is 79.9. The first-order chi connectivity index (χ1) is 9.90. The maximum Gasteiger partial charge on any atom is 0.357 e. The van der Waals surface area contributed by atoms with Crippen LogP contribution in [0.4, 0.5) is 5.69 Å². The van der Waals surface area contributed by atoms with Crippen molar-refractivity contribution in [2.45, 2.75) is 0 Å². The first-order valence-electron chi connectivity index (χ1n) is 5.54. The van der Waals surface area contributed by atoms with Gasteiger partial charge in [-0.25, -0.2) is 4.79 Å². The molecule has 0 radical (unpaired) electrons. The predicted molar refractivity (Wildman–Crippen MR) is 84.0 cm³/mol. The van der Waals surface area contributed by atoms with Crippen LogP contribution < -0.4 is 5.73 Å². The molecular weight excluding hydrogens is 381 g/mol. The number of hydrogen-bond donors (Lipinski definition) is 1. The highest BCUT2D eigenvalue weighted by molar-refractivity contribution is 9.10. The van der Waals surface area contributed by atoms with Crippen molar-refractivity contribution >= 4 is 50.8 Å². The average Bonchev–Trinajstić information content (AvgIpc) is 2.73. The van der Waals surface area contributed by atoms with Crippen LogP contribution in [0.2, 0.25) is 10.0 Å². The van der Waals surface area contributed by atoms with Gasteiger partial charge in [-0.2, -0.15) is 5.26 Å². The molecule has 0 saturated carbocycles. The lowest BCUT2D eigenvalue weighted by molar-refractivity contribution is 0.0593. The van der Waals surface area contributed by atoms with Crippen LogP contribution in [0.1, 0.15) is 16.1 Å². The zero-order valence-corrected chi connectivity index (χ0v) is 13.8. The van der Waals surface area contributed by atoms with Crippen molar-refractivity contribution in [3.05, 3.63) is 44.1 Å². The van der Waals surface area contributed by atoms with E-state index in [0.717, 1.165) is 0 Å². The summed E-state index contributed by atoms with van der Waals surface area (Å²) < 4.78 is 6.66. The lowest BCUT2D eigenvalue weighted by atomic mass is 10.2. The fourth-order valence-electron chi connectivity index (χ4n) is 1.86. The molecule has 0 unspecified atom stereocenters. The number of esters is 1. The van der Waals surface area contributed by atoms with Gasteiger partial charge in [-0.3, -0.25) is 0 Å². The summed E-state index contributed by atoms with van der Waals surface area (Å²) in [4.78, 5) is 11.9. The molecule has 8 heteroatoms. The van der Waals surface area contributed by atoms with E-state index in [9.17, 15) is 4.79 Å². The molecule has 1 heterocycles. The number of ether oxygens (including phenoxy) is 1. The SMILES string of the molecule is COC(=O)c1c(N)c(C#N)cn1-c1c(Cl)cc(Cl)cc1Br. The zero-order chi connectivity index (χ0) is 15.7. The minimum atomic E-state index is -0.674. The van der Waals surface area contributed by atoms with Gasteiger partial charge in [0.05, 0.1) is 29.1 Å². The highest BCUT2D eigenvalue weighted by Crippen LogP contribution is 2.35. The highest BCUT2D eigenvalue weighted by Gasteiger charge is 2.24. The lowest BCUT2D eigenvalue weighted by Crippen LogP contribution is -2.11. The number of nitrogens with two attached hydrogens (primary N) is 1. The molecule has 0 fully saturated rings. The van der Waals surface area contributed by atoms with Crippen LogP contribution in [-0.2, 0) is 4.74 Å². The van der Waals surface area contributed by atoms with E-state index < -0.39 is 5.97 Å². The third kappa shape index (κ3) is 2.72. The average molecular weight is 389 g/mol. The molecule has 0 atom stereocenters. The second kappa shape index (κ2) is 5.98. The summed E-state index contributed by atoms with van der Waals surface area (Å²) in [6.45, 7) is 0. The molecule has 0 bridgehead atoms. The number of nitriles is 1. The number of hydrogen-bond acceptors (Lipinski definition) is 4. The van der Waals surface area contributed by atoms with Gasteiger partial charge in [0.25, 0.3) is 0 Å². The number of aromatic nitrogens is 1. The maximum atomic E-state index is 11.9. The summed E-state index contributed by atoms with van der Waals surface area (Å²) in [6.07, 6.45) is 1.42. The molecular formula is C13H8BrCl2N3O2. The second-order valence-corrected chi connectivity index (χ2v) is 5.69. The molecule has 2 aromatic rings. The number of nitrogens with zero attached hydrogens (tertiary/aromatic N) is 2. The Labute approximate surface area is 138 Å². The number of anilines is 1. The van der Waals surface area contributed by atoms with E-state index >= 15 is 0 Å². The predicted octanol–water partition coefficient (Wildman–Crippen LogP) is 3.79. The van der Waals surface area contributed by atoms with E-state index in [-0.39, 0.29) is 16.9 Å². The van der Waals surface area contributed by atoms with Gasteiger partial charge in [-0.15, -0.1) is 0 Å². The second-order valence-electron chi connectivity index (χ2n) is 4.00. The van der Waals surface area contributed by atoms with E-state index in [1.54, 1.807) is 6.07 Å². The zero-order valence-electron chi connectivity index (χ0n) is 10.7. The van der Waals surface area contributed by atoms with Crippen LogP contribution in [0.25, 0.3) is 5.69 Å². The van der Waals surface area contributed by atoms with E-state index in [1.165, 1.54) is 23.9 Å². The van der Waals surface area contributed by atoms with E-state index in [1.807, 2.05) is 6.07 Å². The molecule has 5 nitrogen and oxygen atoms in total. The van der Waals surface area contributed by atoms with Gasteiger partial charge in [0.15, 0.2) is 5.69 Å². The molecule has 0 amide bonds. The molecule has 0 spiro atoms. The third-order valence-corrected chi connectivity index (χ3v) is 3.88. The molecule has 0 aliphatic heterocycles. The van der Waals surface area contributed by atoms with Gasteiger partial charge in [0, 0.05) is 15.7 Å². The van der Waals surface area contributed by atoms with Crippen LogP contribution in [0.3, 0.4) is 0 Å². The number of benzene rings is 1. The minimum Gasteiger partial charge on any atom is -0.464 e. The smallest absolute Gasteiger partial charge is 0.357 e. The fourth-order valence-corrected chi connectivity index (χ4v) is 3.34. The Morgan fingerprint density at radius 2 is 2.14 bits per heavy atom. The van der Waals surface area contributed by atoms with Gasteiger partial charge >= 0.3 is 5.97 Å². The fraction of sp³-hybridized carbons (Fsp3) is 0.0769. The summed E-state index contributed by atoms with van der Waals surface area (Å²) in [5.41, 5.74) is 6.47. The Bertz CT molecular complexity index is 757. The number of carbonyl (C=O) groups is 1.